The van der Waals surface area contributed by atoms with Crippen LogP contribution in [-0.2, 0) is 102 Å². The normalized spacial score (nSPS) is 11.2. The predicted octanol–water partition coefficient (Wildman–Crippen LogP) is 8.02. The zero-order chi connectivity index (χ0) is 49.1. The monoisotopic (exact) mass is 1120 g/mol. The van der Waals surface area contributed by atoms with E-state index in [0.717, 1.165) is 64.5 Å². The van der Waals surface area contributed by atoms with E-state index in [0.29, 0.717) is 65.6 Å². The molecule has 6 aromatic rings. The molecule has 2 N–H and O–H groups in total. The number of ether oxygens (including phenoxy) is 3. The number of carbonyl (C=O) groups excluding carboxylic acids is 2. The maximum Gasteiger partial charge on any atom is 0.219 e. The summed E-state index contributed by atoms with van der Waals surface area (Å²) in [6.45, 7) is 6.15. The van der Waals surface area contributed by atoms with Crippen molar-refractivity contribution in [3.05, 3.63) is 84.9 Å². The predicted molar refractivity (Wildman–Crippen MR) is 285 cm³/mol. The molecule has 13 nitrogen and oxygen atoms in total. The number of anilines is 4. The summed E-state index contributed by atoms with van der Waals surface area (Å²) in [5, 5.41) is 11.0. The molecule has 4 aromatic carbocycles. The molecule has 71 heavy (non-hydrogen) atoms. The standard InChI is InChI=1S/C56H78N8O5.2Y/c1-59(2)47-23-19-43-37-44-20-24-48(60(3)4)40-52(44)63(51(43)39-47)29-13-9-11-17-55(65)57-27-15-31-67-33-35-69-36-34-68-32-16-28-58-56(66)18-12-10-14-30-64-53-41-49(61(5)6)25-21-45(53)38-46-22-26-50(62(7)8)42-54(46)64;;/h19-26,37-42H,9-18,27-36H2,1-8H3;;/p+2. The molecule has 0 bridgehead atoms. The van der Waals surface area contributed by atoms with Crippen molar-refractivity contribution < 1.29 is 98.4 Å². The minimum Gasteiger partial charge on any atom is -0.379 e. The van der Waals surface area contributed by atoms with Gasteiger partial charge in [-0.15, -0.1) is 0 Å². The van der Waals surface area contributed by atoms with Crippen LogP contribution in [0.15, 0.2) is 84.9 Å². The van der Waals surface area contributed by atoms with Crippen molar-refractivity contribution in [3.63, 3.8) is 0 Å². The van der Waals surface area contributed by atoms with E-state index in [9.17, 15) is 9.59 Å². The number of hydrogen-bond acceptors (Lipinski definition) is 9. The summed E-state index contributed by atoms with van der Waals surface area (Å²) in [5.74, 6) is 0.196. The van der Waals surface area contributed by atoms with Crippen LogP contribution < -0.4 is 39.4 Å². The first-order valence-corrected chi connectivity index (χ1v) is 25.2. The Morgan fingerprint density at radius 3 is 0.986 bits per heavy atom. The second-order valence-corrected chi connectivity index (χ2v) is 19.0. The number of nitrogens with zero attached hydrogens (tertiary/aromatic N) is 6. The number of benzene rings is 4. The molecule has 6 rings (SSSR count). The summed E-state index contributed by atoms with van der Waals surface area (Å²) in [5.41, 5.74) is 9.65. The minimum atomic E-state index is 0. The zero-order valence-corrected chi connectivity index (χ0v) is 49.8. The summed E-state index contributed by atoms with van der Waals surface area (Å²) < 4.78 is 22.0. The van der Waals surface area contributed by atoms with Gasteiger partial charge in [0.2, 0.25) is 33.9 Å². The molecule has 0 fully saturated rings. The Hall–Kier alpha value is -3.55. The van der Waals surface area contributed by atoms with E-state index in [2.05, 4.69) is 181 Å². The first kappa shape index (κ1) is 60.0. The van der Waals surface area contributed by atoms with Gasteiger partial charge < -0.3 is 44.4 Å². The Morgan fingerprint density at radius 1 is 0.394 bits per heavy atom. The quantitative estimate of drug-likeness (QED) is 0.0264. The molecule has 15 heteroatoms. The van der Waals surface area contributed by atoms with Crippen LogP contribution in [0.2, 0.25) is 0 Å². The summed E-state index contributed by atoms with van der Waals surface area (Å²) in [4.78, 5) is 33.7. The maximum absolute atomic E-state index is 12.6. The minimum absolute atomic E-state index is 0. The Bertz CT molecular complexity index is 2300. The van der Waals surface area contributed by atoms with Gasteiger partial charge in [0.25, 0.3) is 0 Å². The molecule has 0 spiro atoms. The first-order chi connectivity index (χ1) is 33.4. The Kier molecular flexibility index (Phi) is 26.4. The van der Waals surface area contributed by atoms with Crippen molar-refractivity contribution in [2.45, 2.75) is 77.3 Å². The van der Waals surface area contributed by atoms with E-state index in [1.165, 1.54) is 66.4 Å². The van der Waals surface area contributed by atoms with Crippen LogP contribution in [0.1, 0.15) is 64.2 Å². The number of rotatable bonds is 30. The Balaban J connectivity index is 0.00000548. The molecule has 0 aliphatic heterocycles. The van der Waals surface area contributed by atoms with E-state index in [1.54, 1.807) is 0 Å². The van der Waals surface area contributed by atoms with Gasteiger partial charge in [0.05, 0.1) is 26.4 Å². The van der Waals surface area contributed by atoms with Gasteiger partial charge in [-0.3, -0.25) is 9.59 Å². The number of amides is 2. The number of hydrogen-bond donors (Lipinski definition) is 2. The van der Waals surface area contributed by atoms with Crippen molar-refractivity contribution in [1.82, 2.24) is 10.6 Å². The number of fused-ring (bicyclic) bond motifs is 4. The van der Waals surface area contributed by atoms with E-state index in [1.807, 2.05) is 0 Å². The topological polar surface area (TPSA) is 107 Å². The fourth-order valence-electron chi connectivity index (χ4n) is 8.73. The first-order valence-electron chi connectivity index (χ1n) is 25.2. The smallest absolute Gasteiger partial charge is 0.219 e. The van der Waals surface area contributed by atoms with Crippen molar-refractivity contribution in [2.24, 2.45) is 0 Å². The maximum atomic E-state index is 12.6. The summed E-state index contributed by atoms with van der Waals surface area (Å²) in [6, 6.07) is 31.3. The van der Waals surface area contributed by atoms with Crippen molar-refractivity contribution in [2.75, 3.05) is 129 Å². The van der Waals surface area contributed by atoms with Crippen LogP contribution in [0, 0.1) is 0 Å². The largest absolute Gasteiger partial charge is 0.379 e. The Morgan fingerprint density at radius 2 is 0.690 bits per heavy atom. The second kappa shape index (κ2) is 31.2. The fourth-order valence-corrected chi connectivity index (χ4v) is 8.73. The van der Waals surface area contributed by atoms with E-state index in [4.69, 9.17) is 14.2 Å². The average molecular weight is 1120 g/mol. The van der Waals surface area contributed by atoms with Gasteiger partial charge in [0.15, 0.2) is 0 Å². The third-order valence-corrected chi connectivity index (χ3v) is 12.8. The van der Waals surface area contributed by atoms with Crippen LogP contribution in [0.3, 0.4) is 0 Å². The molecule has 0 atom stereocenters. The third kappa shape index (κ3) is 18.4. The molecule has 0 unspecified atom stereocenters. The fraction of sp³-hybridized carbons (Fsp3) is 0.500. The summed E-state index contributed by atoms with van der Waals surface area (Å²) >= 11 is 0. The molecule has 0 aliphatic rings. The van der Waals surface area contributed by atoms with E-state index in [-0.39, 0.29) is 77.2 Å². The Labute approximate surface area is 474 Å². The van der Waals surface area contributed by atoms with Crippen LogP contribution in [0.25, 0.3) is 43.6 Å². The van der Waals surface area contributed by atoms with Gasteiger partial charge in [0.1, 0.15) is 13.1 Å². The number of pyridine rings is 2. The van der Waals surface area contributed by atoms with E-state index < -0.39 is 0 Å². The molecule has 0 saturated carbocycles. The number of carbonyl (C=O) groups is 2. The van der Waals surface area contributed by atoms with Gasteiger partial charge in [-0.1, -0.05) is 0 Å². The van der Waals surface area contributed by atoms with Gasteiger partial charge in [0, 0.05) is 242 Å². The molecule has 2 aromatic heterocycles. The molecule has 0 aliphatic carbocycles. The molecule has 2 heterocycles. The number of unbranched alkanes of at least 4 members (excludes halogenated alkanes) is 4. The van der Waals surface area contributed by atoms with Gasteiger partial charge in [-0.2, -0.15) is 9.13 Å². The van der Waals surface area contributed by atoms with Crippen LogP contribution in [0.4, 0.5) is 22.7 Å². The number of aryl methyl sites for hydroxylation is 2. The van der Waals surface area contributed by atoms with Crippen molar-refractivity contribution >= 4 is 78.2 Å². The molecule has 378 valence electrons. The summed E-state index contributed by atoms with van der Waals surface area (Å²) in [6.07, 6.45) is 8.27. The molecular formula is C56H80N8O5Y2+2. The third-order valence-electron chi connectivity index (χ3n) is 12.8. The van der Waals surface area contributed by atoms with Gasteiger partial charge in [-0.05, 0) is 99.2 Å². The zero-order valence-electron chi connectivity index (χ0n) is 44.1. The van der Waals surface area contributed by atoms with Crippen LogP contribution >= 0.6 is 0 Å². The number of nitrogens with one attached hydrogen (secondary N) is 2. The average Bonchev–Trinajstić information content (AvgIpc) is 3.33. The van der Waals surface area contributed by atoms with Crippen molar-refractivity contribution in [3.8, 4) is 0 Å². The molecule has 2 radical (unpaired) electrons. The van der Waals surface area contributed by atoms with Crippen LogP contribution in [-0.4, -0.2) is 121 Å². The van der Waals surface area contributed by atoms with Crippen molar-refractivity contribution in [1.29, 1.82) is 0 Å². The van der Waals surface area contributed by atoms with Gasteiger partial charge in [-0.25, -0.2) is 0 Å². The SMILES string of the molecule is CN(C)c1ccc2cc3ccc(N(C)C)cc3[n+](CCCCCC(=O)NCCCOCCOCCOCCCNC(=O)CCCCC[n+]3c4cc(N(C)C)ccc4cc4ccc(N(C)C)cc43)c2c1.[Y].[Y]. The molecular weight excluding hydrogens is 1040 g/mol. The molecule has 0 saturated heterocycles. The molecule has 2 amide bonds. The van der Waals surface area contributed by atoms with E-state index >= 15 is 0 Å². The van der Waals surface area contributed by atoms with Gasteiger partial charge >= 0.3 is 0 Å². The number of aromatic nitrogens is 2. The van der Waals surface area contributed by atoms with Crippen LogP contribution in [0.5, 0.6) is 0 Å². The second-order valence-electron chi connectivity index (χ2n) is 19.0. The summed E-state index contributed by atoms with van der Waals surface area (Å²) in [7, 11) is 16.6.